The van der Waals surface area contributed by atoms with E-state index in [0.717, 1.165) is 26.3 Å². The number of benzene rings is 2. The maximum atomic E-state index is 12.9. The van der Waals surface area contributed by atoms with E-state index in [9.17, 15) is 23.1 Å². The number of fused-ring (bicyclic) bond motifs is 1. The lowest BCUT2D eigenvalue weighted by molar-refractivity contribution is -0.127. The average Bonchev–Trinajstić information content (AvgIpc) is 3.13. The number of nitrogens with zero attached hydrogens (tertiary/aromatic N) is 2. The summed E-state index contributed by atoms with van der Waals surface area (Å²) in [6.45, 7) is 5.78. The summed E-state index contributed by atoms with van der Waals surface area (Å²) in [5.74, 6) is -0.313. The number of hydrogen-bond donors (Lipinski definition) is 1. The van der Waals surface area contributed by atoms with Crippen molar-refractivity contribution in [3.05, 3.63) is 71.4 Å². The Morgan fingerprint density at radius 1 is 1.06 bits per heavy atom. The largest absolute Gasteiger partial charge is 0.390 e. The van der Waals surface area contributed by atoms with E-state index >= 15 is 0 Å². The third-order valence-electron chi connectivity index (χ3n) is 6.60. The van der Waals surface area contributed by atoms with E-state index in [2.05, 4.69) is 0 Å². The molecule has 4 rings (SSSR count). The molecule has 0 amide bonds. The summed E-state index contributed by atoms with van der Waals surface area (Å²) in [5, 5.41) is 11.7. The number of ketones is 2. The molecule has 1 aromatic heterocycles. The number of para-hydroxylation sites is 1. The molecular formula is C28H32N2O5S. The van der Waals surface area contributed by atoms with Crippen LogP contribution in [-0.2, 0) is 26.2 Å². The number of aryl methyl sites for hydroxylation is 1. The molecule has 0 bridgehead atoms. The van der Waals surface area contributed by atoms with Crippen LogP contribution in [0.1, 0.15) is 37.8 Å². The predicted molar refractivity (Wildman–Crippen MR) is 140 cm³/mol. The summed E-state index contributed by atoms with van der Waals surface area (Å²) < 4.78 is 28.8. The van der Waals surface area contributed by atoms with Crippen molar-refractivity contribution in [2.45, 2.75) is 51.2 Å². The zero-order valence-corrected chi connectivity index (χ0v) is 21.9. The summed E-state index contributed by atoms with van der Waals surface area (Å²) in [6, 6.07) is 14.1. The first-order valence-electron chi connectivity index (χ1n) is 11.9. The molecular weight excluding hydrogens is 476 g/mol. The molecule has 1 aliphatic rings. The molecule has 1 saturated carbocycles. The van der Waals surface area contributed by atoms with E-state index < -0.39 is 16.1 Å². The van der Waals surface area contributed by atoms with Gasteiger partial charge in [-0.05, 0) is 36.6 Å². The van der Waals surface area contributed by atoms with E-state index in [-0.39, 0.29) is 40.5 Å². The molecule has 1 aliphatic carbocycles. The third kappa shape index (κ3) is 5.36. The van der Waals surface area contributed by atoms with Gasteiger partial charge in [0.15, 0.2) is 11.6 Å². The fraction of sp³-hybridized carbons (Fsp3) is 0.357. The van der Waals surface area contributed by atoms with Gasteiger partial charge >= 0.3 is 0 Å². The molecule has 0 radical (unpaired) electrons. The molecule has 0 spiro atoms. The lowest BCUT2D eigenvalue weighted by Crippen LogP contribution is -2.36. The first-order valence-corrected chi connectivity index (χ1v) is 13.4. The van der Waals surface area contributed by atoms with E-state index in [0.29, 0.717) is 12.8 Å². The fourth-order valence-corrected chi connectivity index (χ4v) is 5.91. The van der Waals surface area contributed by atoms with Crippen LogP contribution in [0.25, 0.3) is 17.0 Å². The number of rotatable bonds is 7. The normalized spacial score (nSPS) is 17.1. The van der Waals surface area contributed by atoms with Gasteiger partial charge in [-0.2, -0.15) is 4.31 Å². The van der Waals surface area contributed by atoms with Gasteiger partial charge in [-0.15, -0.1) is 0 Å². The number of allylic oxidation sites excluding steroid dienone is 1. The Morgan fingerprint density at radius 2 is 1.67 bits per heavy atom. The molecule has 1 N–H and O–H groups in total. The Labute approximate surface area is 212 Å². The van der Waals surface area contributed by atoms with Gasteiger partial charge in [-0.3, -0.25) is 9.59 Å². The Morgan fingerprint density at radius 3 is 2.31 bits per heavy atom. The fourth-order valence-electron chi connectivity index (χ4n) is 4.71. The quantitative estimate of drug-likeness (QED) is 0.385. The summed E-state index contributed by atoms with van der Waals surface area (Å²) in [7, 11) is -2.29. The van der Waals surface area contributed by atoms with Crippen molar-refractivity contribution < 1.29 is 23.1 Å². The van der Waals surface area contributed by atoms with Crippen molar-refractivity contribution >= 4 is 38.6 Å². The number of Topliss-reactive ketones (excluding diaryl/α,β-unsaturated/α-hetero) is 2. The second-order valence-corrected chi connectivity index (χ2v) is 12.5. The monoisotopic (exact) mass is 508 g/mol. The average molecular weight is 509 g/mol. The highest BCUT2D eigenvalue weighted by atomic mass is 32.2. The van der Waals surface area contributed by atoms with Crippen LogP contribution in [0.5, 0.6) is 0 Å². The minimum absolute atomic E-state index is 0.0921. The van der Waals surface area contributed by atoms with Gasteiger partial charge in [0.2, 0.25) is 10.0 Å². The maximum Gasteiger partial charge on any atom is 0.242 e. The first-order chi connectivity index (χ1) is 16.9. The first kappa shape index (κ1) is 26.0. The standard InChI is InChI=1S/C28H32N2O5S/c1-19-9-11-22(12-10-19)36(34,35)29(4)17-21(31)18-30-16-20(23-7-5-6-8-25(23)30)13-24-26(32)14-28(2,3)15-27(24)33/h5-13,16,21,31H,14-15,17-18H2,1-4H3. The Balaban J connectivity index is 1.57. The molecule has 1 heterocycles. The van der Waals surface area contributed by atoms with Crippen LogP contribution in [0.15, 0.2) is 65.2 Å². The number of likely N-dealkylation sites (N-methyl/N-ethyl adjacent to an activating group) is 1. The zero-order valence-electron chi connectivity index (χ0n) is 21.1. The van der Waals surface area contributed by atoms with Crippen molar-refractivity contribution in [3.8, 4) is 0 Å². The molecule has 3 aromatic rings. The summed E-state index contributed by atoms with van der Waals surface area (Å²) in [4.78, 5) is 25.6. The SMILES string of the molecule is Cc1ccc(S(=O)(=O)N(C)CC(O)Cn2cc(C=C3C(=O)CC(C)(C)CC3=O)c3ccccc32)cc1. The summed E-state index contributed by atoms with van der Waals surface area (Å²) in [6.07, 6.45) is 3.12. The van der Waals surface area contributed by atoms with Crippen LogP contribution < -0.4 is 0 Å². The smallest absolute Gasteiger partial charge is 0.242 e. The van der Waals surface area contributed by atoms with Gasteiger partial charge in [0.1, 0.15) is 0 Å². The third-order valence-corrected chi connectivity index (χ3v) is 8.44. The number of aliphatic hydroxyl groups is 1. The number of sulfonamides is 1. The van der Waals surface area contributed by atoms with E-state index in [1.807, 2.05) is 49.6 Å². The summed E-state index contributed by atoms with van der Waals surface area (Å²) in [5.41, 5.74) is 2.37. The summed E-state index contributed by atoms with van der Waals surface area (Å²) >= 11 is 0. The van der Waals surface area contributed by atoms with Crippen molar-refractivity contribution in [1.29, 1.82) is 0 Å². The van der Waals surface area contributed by atoms with Crippen molar-refractivity contribution in [3.63, 3.8) is 0 Å². The molecule has 1 atom stereocenters. The molecule has 0 aliphatic heterocycles. The van der Waals surface area contributed by atoms with Crippen molar-refractivity contribution in [1.82, 2.24) is 8.87 Å². The van der Waals surface area contributed by atoms with Gasteiger partial charge < -0.3 is 9.67 Å². The van der Waals surface area contributed by atoms with Gasteiger partial charge in [0.05, 0.1) is 16.6 Å². The van der Waals surface area contributed by atoms with Gasteiger partial charge in [-0.1, -0.05) is 49.7 Å². The molecule has 1 fully saturated rings. The lowest BCUT2D eigenvalue weighted by Gasteiger charge is -2.28. The lowest BCUT2D eigenvalue weighted by atomic mass is 9.74. The number of aromatic nitrogens is 1. The number of carbonyl (C=O) groups is 2. The van der Waals surface area contributed by atoms with E-state index in [4.69, 9.17) is 0 Å². The molecule has 8 heteroatoms. The molecule has 1 unspecified atom stereocenters. The van der Waals surface area contributed by atoms with Gasteiger partial charge in [0, 0.05) is 55.6 Å². The second-order valence-electron chi connectivity index (χ2n) is 10.4. The Kier molecular flexibility index (Phi) is 7.05. The van der Waals surface area contributed by atoms with E-state index in [1.54, 1.807) is 36.5 Å². The second kappa shape index (κ2) is 9.76. The van der Waals surface area contributed by atoms with Crippen LogP contribution in [-0.4, -0.2) is 53.7 Å². The van der Waals surface area contributed by atoms with Crippen molar-refractivity contribution in [2.75, 3.05) is 13.6 Å². The molecule has 7 nitrogen and oxygen atoms in total. The van der Waals surface area contributed by atoms with Crippen LogP contribution in [0.2, 0.25) is 0 Å². The molecule has 0 saturated heterocycles. The van der Waals surface area contributed by atoms with Crippen LogP contribution in [0.3, 0.4) is 0 Å². The van der Waals surface area contributed by atoms with Gasteiger partial charge in [0.25, 0.3) is 0 Å². The minimum atomic E-state index is -3.74. The molecule has 36 heavy (non-hydrogen) atoms. The topological polar surface area (TPSA) is 96.7 Å². The van der Waals surface area contributed by atoms with Gasteiger partial charge in [-0.25, -0.2) is 8.42 Å². The predicted octanol–water partition coefficient (Wildman–Crippen LogP) is 3.97. The molecule has 2 aromatic carbocycles. The highest BCUT2D eigenvalue weighted by Crippen LogP contribution is 2.35. The molecule has 190 valence electrons. The highest BCUT2D eigenvalue weighted by Gasteiger charge is 2.35. The zero-order chi connectivity index (χ0) is 26.3. The Hall–Kier alpha value is -3.07. The van der Waals surface area contributed by atoms with Crippen LogP contribution >= 0.6 is 0 Å². The van der Waals surface area contributed by atoms with Crippen LogP contribution in [0.4, 0.5) is 0 Å². The maximum absolute atomic E-state index is 12.9. The van der Waals surface area contributed by atoms with Crippen molar-refractivity contribution in [2.24, 2.45) is 5.41 Å². The minimum Gasteiger partial charge on any atom is -0.390 e. The van der Waals surface area contributed by atoms with E-state index in [1.165, 1.54) is 7.05 Å². The number of aliphatic hydroxyl groups excluding tert-OH is 1. The number of carbonyl (C=O) groups excluding carboxylic acids is 2. The highest BCUT2D eigenvalue weighted by molar-refractivity contribution is 7.89. The Bertz CT molecular complexity index is 1430. The number of hydrogen-bond acceptors (Lipinski definition) is 5. The van der Waals surface area contributed by atoms with Crippen LogP contribution in [0, 0.1) is 12.3 Å².